The van der Waals surface area contributed by atoms with E-state index in [9.17, 15) is 0 Å². The molecule has 3 aromatic rings. The van der Waals surface area contributed by atoms with Gasteiger partial charge in [0.2, 0.25) is 0 Å². The van der Waals surface area contributed by atoms with Crippen molar-refractivity contribution in [3.05, 3.63) is 62.4 Å². The fourth-order valence-corrected chi connectivity index (χ4v) is 4.09. The summed E-state index contributed by atoms with van der Waals surface area (Å²) in [5.41, 5.74) is 3.31. The smallest absolute Gasteiger partial charge is 0.0992 e. The minimum atomic E-state index is 0.132. The third kappa shape index (κ3) is 3.06. The van der Waals surface area contributed by atoms with Crippen LogP contribution in [0.15, 0.2) is 42.6 Å². The number of thiophene rings is 1. The van der Waals surface area contributed by atoms with Crippen LogP contribution in [-0.2, 0) is 6.42 Å². The van der Waals surface area contributed by atoms with Gasteiger partial charge in [-0.3, -0.25) is 4.98 Å². The molecule has 1 atom stereocenters. The third-order valence-corrected chi connectivity index (χ3v) is 5.09. The molecule has 0 bridgehead atoms. The minimum Gasteiger partial charge on any atom is -0.313 e. The van der Waals surface area contributed by atoms with Gasteiger partial charge in [-0.05, 0) is 37.2 Å². The molecule has 0 radical (unpaired) electrons. The molecule has 0 amide bonds. The Hall–Kier alpha value is -1.13. The maximum atomic E-state index is 6.28. The standard InChI is InChI=1S/C16H14Cl2N2S/c1-19-14(12-9-15(17)21-16(12)18)8-10-6-7-20-13-5-3-2-4-11(10)13/h2-7,9,14,19H,8H2,1H3. The van der Waals surface area contributed by atoms with Crippen molar-refractivity contribution in [1.82, 2.24) is 10.3 Å². The Bertz CT molecular complexity index is 765. The zero-order chi connectivity index (χ0) is 14.8. The average molecular weight is 337 g/mol. The van der Waals surface area contributed by atoms with Crippen LogP contribution in [0.4, 0.5) is 0 Å². The molecule has 1 aromatic carbocycles. The largest absolute Gasteiger partial charge is 0.313 e. The fourth-order valence-electron chi connectivity index (χ4n) is 2.51. The van der Waals surface area contributed by atoms with Gasteiger partial charge in [0.25, 0.3) is 0 Å². The lowest BCUT2D eigenvalue weighted by Crippen LogP contribution is -2.18. The number of nitrogens with one attached hydrogen (secondary N) is 1. The van der Waals surface area contributed by atoms with Gasteiger partial charge in [-0.2, -0.15) is 0 Å². The Morgan fingerprint density at radius 3 is 2.76 bits per heavy atom. The number of pyridine rings is 1. The van der Waals surface area contributed by atoms with Crippen LogP contribution in [0.1, 0.15) is 17.2 Å². The van der Waals surface area contributed by atoms with Crippen LogP contribution in [0.5, 0.6) is 0 Å². The number of aromatic nitrogens is 1. The van der Waals surface area contributed by atoms with Crippen molar-refractivity contribution < 1.29 is 0 Å². The summed E-state index contributed by atoms with van der Waals surface area (Å²) in [5.74, 6) is 0. The van der Waals surface area contributed by atoms with Crippen molar-refractivity contribution in [2.45, 2.75) is 12.5 Å². The first-order chi connectivity index (χ1) is 10.2. The van der Waals surface area contributed by atoms with Gasteiger partial charge in [-0.25, -0.2) is 0 Å². The Morgan fingerprint density at radius 2 is 2.05 bits per heavy atom. The molecule has 2 nitrogen and oxygen atoms in total. The second-order valence-corrected chi connectivity index (χ2v) is 7.10. The summed E-state index contributed by atoms with van der Waals surface area (Å²) in [7, 11) is 1.94. The number of fused-ring (bicyclic) bond motifs is 1. The van der Waals surface area contributed by atoms with Crippen LogP contribution in [0.25, 0.3) is 10.9 Å². The van der Waals surface area contributed by atoms with E-state index in [4.69, 9.17) is 23.2 Å². The van der Waals surface area contributed by atoms with Crippen molar-refractivity contribution >= 4 is 45.4 Å². The lowest BCUT2D eigenvalue weighted by molar-refractivity contribution is 0.596. The van der Waals surface area contributed by atoms with Gasteiger partial charge in [0, 0.05) is 23.2 Å². The molecule has 3 rings (SSSR count). The van der Waals surface area contributed by atoms with Crippen molar-refractivity contribution in [2.24, 2.45) is 0 Å². The molecule has 0 aliphatic carbocycles. The molecular formula is C16H14Cl2N2S. The van der Waals surface area contributed by atoms with E-state index in [0.29, 0.717) is 0 Å². The van der Waals surface area contributed by atoms with Crippen LogP contribution in [0.3, 0.4) is 0 Å². The molecule has 1 unspecified atom stereocenters. The topological polar surface area (TPSA) is 24.9 Å². The summed E-state index contributed by atoms with van der Waals surface area (Å²) in [6, 6.07) is 12.3. The maximum absolute atomic E-state index is 6.28. The quantitative estimate of drug-likeness (QED) is 0.716. The molecular weight excluding hydrogens is 323 g/mol. The lowest BCUT2D eigenvalue weighted by Gasteiger charge is -2.17. The van der Waals surface area contributed by atoms with Crippen molar-refractivity contribution in [3.8, 4) is 0 Å². The number of nitrogens with zero attached hydrogens (tertiary/aromatic N) is 1. The summed E-state index contributed by atoms with van der Waals surface area (Å²) in [6.07, 6.45) is 2.69. The molecule has 0 aliphatic rings. The lowest BCUT2D eigenvalue weighted by atomic mass is 9.98. The van der Waals surface area contributed by atoms with Crippen molar-refractivity contribution in [2.75, 3.05) is 7.05 Å². The Balaban J connectivity index is 1.98. The number of hydrogen-bond donors (Lipinski definition) is 1. The number of rotatable bonds is 4. The monoisotopic (exact) mass is 336 g/mol. The molecule has 1 N–H and O–H groups in total. The highest BCUT2D eigenvalue weighted by molar-refractivity contribution is 7.20. The second kappa shape index (κ2) is 6.32. The summed E-state index contributed by atoms with van der Waals surface area (Å²) in [6.45, 7) is 0. The molecule has 2 heterocycles. The summed E-state index contributed by atoms with van der Waals surface area (Å²) < 4.78 is 1.47. The molecule has 108 valence electrons. The van der Waals surface area contributed by atoms with E-state index < -0.39 is 0 Å². The highest BCUT2D eigenvalue weighted by atomic mass is 35.5. The van der Waals surface area contributed by atoms with Crippen molar-refractivity contribution in [1.29, 1.82) is 0 Å². The van der Waals surface area contributed by atoms with E-state index in [1.807, 2.05) is 37.5 Å². The summed E-state index contributed by atoms with van der Waals surface area (Å²) in [5, 5.41) is 4.51. The van der Waals surface area contributed by atoms with Gasteiger partial charge in [-0.1, -0.05) is 41.4 Å². The first-order valence-corrected chi connectivity index (χ1v) is 8.21. The molecule has 2 aromatic heterocycles. The number of likely N-dealkylation sites (N-methyl/N-ethyl adjacent to an activating group) is 1. The van der Waals surface area contributed by atoms with Crippen LogP contribution >= 0.6 is 34.5 Å². The molecule has 0 saturated heterocycles. The van der Waals surface area contributed by atoms with Gasteiger partial charge >= 0.3 is 0 Å². The zero-order valence-electron chi connectivity index (χ0n) is 11.4. The molecule has 21 heavy (non-hydrogen) atoms. The Kier molecular flexibility index (Phi) is 4.45. The molecule has 0 saturated carbocycles. The van der Waals surface area contributed by atoms with E-state index in [2.05, 4.69) is 22.4 Å². The summed E-state index contributed by atoms with van der Waals surface area (Å²) in [4.78, 5) is 4.40. The minimum absolute atomic E-state index is 0.132. The van der Waals surface area contributed by atoms with Crippen LogP contribution in [-0.4, -0.2) is 12.0 Å². The van der Waals surface area contributed by atoms with E-state index in [1.165, 1.54) is 22.3 Å². The first kappa shape index (κ1) is 14.8. The van der Waals surface area contributed by atoms with Crippen LogP contribution < -0.4 is 5.32 Å². The predicted octanol–water partition coefficient (Wildman–Crippen LogP) is 5.11. The number of hydrogen-bond acceptors (Lipinski definition) is 3. The Morgan fingerprint density at radius 1 is 1.24 bits per heavy atom. The van der Waals surface area contributed by atoms with Gasteiger partial charge in [0.05, 0.1) is 14.2 Å². The average Bonchev–Trinajstić information content (AvgIpc) is 2.83. The highest BCUT2D eigenvalue weighted by Gasteiger charge is 2.17. The zero-order valence-corrected chi connectivity index (χ0v) is 13.8. The van der Waals surface area contributed by atoms with Gasteiger partial charge < -0.3 is 5.32 Å². The number of benzene rings is 1. The molecule has 0 fully saturated rings. The summed E-state index contributed by atoms with van der Waals surface area (Å²) >= 11 is 13.8. The van der Waals surface area contributed by atoms with E-state index in [0.717, 1.165) is 26.2 Å². The highest BCUT2D eigenvalue weighted by Crippen LogP contribution is 2.36. The first-order valence-electron chi connectivity index (χ1n) is 6.63. The second-order valence-electron chi connectivity index (χ2n) is 4.81. The van der Waals surface area contributed by atoms with Gasteiger partial charge in [0.1, 0.15) is 0 Å². The van der Waals surface area contributed by atoms with E-state index >= 15 is 0 Å². The molecule has 0 spiro atoms. The van der Waals surface area contributed by atoms with Gasteiger partial charge in [-0.15, -0.1) is 11.3 Å². The van der Waals surface area contributed by atoms with Crippen molar-refractivity contribution in [3.63, 3.8) is 0 Å². The molecule has 0 aliphatic heterocycles. The number of para-hydroxylation sites is 1. The van der Waals surface area contributed by atoms with E-state index in [1.54, 1.807) is 0 Å². The normalized spacial score (nSPS) is 12.7. The molecule has 5 heteroatoms. The van der Waals surface area contributed by atoms with E-state index in [-0.39, 0.29) is 6.04 Å². The van der Waals surface area contributed by atoms with Gasteiger partial charge in [0.15, 0.2) is 0 Å². The third-order valence-electron chi connectivity index (χ3n) is 3.57. The number of halogens is 2. The fraction of sp³-hybridized carbons (Fsp3) is 0.188. The van der Waals surface area contributed by atoms with Crippen LogP contribution in [0, 0.1) is 0 Å². The predicted molar refractivity (Wildman–Crippen MR) is 91.6 cm³/mol. The Labute approximate surface area is 137 Å². The maximum Gasteiger partial charge on any atom is 0.0992 e. The van der Waals surface area contributed by atoms with Crippen LogP contribution in [0.2, 0.25) is 8.67 Å². The SMILES string of the molecule is CNC(Cc1ccnc2ccccc12)c1cc(Cl)sc1Cl.